The molecule has 0 saturated heterocycles. The zero-order valence-corrected chi connectivity index (χ0v) is 21.1. The SMILES string of the molecule is O=P(O)(O)CCCNCc1ccc(SCCCCC2(c3ccccc3F)CCCCC2)cc1. The molecule has 0 radical (unpaired) electrons. The minimum absolute atomic E-state index is 0.0220. The summed E-state index contributed by atoms with van der Waals surface area (Å²) >= 11 is 1.87. The van der Waals surface area contributed by atoms with Crippen LogP contribution in [0.4, 0.5) is 4.39 Å². The van der Waals surface area contributed by atoms with Crippen molar-refractivity contribution in [1.29, 1.82) is 0 Å². The molecular weight excluding hydrogens is 456 g/mol. The van der Waals surface area contributed by atoms with Crippen LogP contribution in [0.3, 0.4) is 0 Å². The quantitative estimate of drug-likeness (QED) is 0.166. The van der Waals surface area contributed by atoms with Crippen LogP contribution in [-0.2, 0) is 16.5 Å². The summed E-state index contributed by atoms with van der Waals surface area (Å²) in [6.07, 6.45) is 9.61. The third-order valence-electron chi connectivity index (χ3n) is 6.63. The van der Waals surface area contributed by atoms with Crippen LogP contribution in [0, 0.1) is 5.82 Å². The molecule has 0 spiro atoms. The Balaban J connectivity index is 1.38. The van der Waals surface area contributed by atoms with E-state index < -0.39 is 7.60 Å². The van der Waals surface area contributed by atoms with Crippen molar-refractivity contribution in [2.45, 2.75) is 74.6 Å². The smallest absolute Gasteiger partial charge is 0.324 e. The van der Waals surface area contributed by atoms with Gasteiger partial charge >= 0.3 is 7.60 Å². The predicted molar refractivity (Wildman–Crippen MR) is 135 cm³/mol. The zero-order valence-electron chi connectivity index (χ0n) is 19.3. The van der Waals surface area contributed by atoms with Crippen molar-refractivity contribution in [3.05, 3.63) is 65.5 Å². The molecule has 0 heterocycles. The van der Waals surface area contributed by atoms with Crippen molar-refractivity contribution in [1.82, 2.24) is 5.32 Å². The number of hydrogen-bond acceptors (Lipinski definition) is 3. The van der Waals surface area contributed by atoms with Crippen molar-refractivity contribution in [3.63, 3.8) is 0 Å². The number of nitrogens with one attached hydrogen (secondary N) is 1. The van der Waals surface area contributed by atoms with Gasteiger partial charge in [-0.15, -0.1) is 11.8 Å². The van der Waals surface area contributed by atoms with Gasteiger partial charge < -0.3 is 15.1 Å². The largest absolute Gasteiger partial charge is 0.325 e. The minimum Gasteiger partial charge on any atom is -0.324 e. The van der Waals surface area contributed by atoms with Crippen LogP contribution in [0.5, 0.6) is 0 Å². The molecule has 0 aliphatic heterocycles. The molecule has 3 N–H and O–H groups in total. The summed E-state index contributed by atoms with van der Waals surface area (Å²) in [6, 6.07) is 15.9. The Morgan fingerprint density at radius 2 is 1.70 bits per heavy atom. The van der Waals surface area contributed by atoms with Crippen molar-refractivity contribution < 1.29 is 18.7 Å². The summed E-state index contributed by atoms with van der Waals surface area (Å²) in [7, 11) is -3.89. The second kappa shape index (κ2) is 13.1. The summed E-state index contributed by atoms with van der Waals surface area (Å²) in [5.74, 6) is 1.03. The van der Waals surface area contributed by atoms with E-state index in [1.54, 1.807) is 12.1 Å². The Morgan fingerprint density at radius 1 is 0.970 bits per heavy atom. The van der Waals surface area contributed by atoms with Gasteiger partial charge in [0.05, 0.1) is 6.16 Å². The van der Waals surface area contributed by atoms with Gasteiger partial charge in [0.1, 0.15) is 5.82 Å². The van der Waals surface area contributed by atoms with Gasteiger partial charge in [0.2, 0.25) is 0 Å². The highest BCUT2D eigenvalue weighted by Gasteiger charge is 2.35. The van der Waals surface area contributed by atoms with Crippen molar-refractivity contribution in [3.8, 4) is 0 Å². The van der Waals surface area contributed by atoms with Gasteiger partial charge in [-0.1, -0.05) is 56.0 Å². The van der Waals surface area contributed by atoms with Crippen LogP contribution in [0.2, 0.25) is 0 Å². The molecule has 1 aliphatic rings. The molecule has 182 valence electrons. The molecule has 4 nitrogen and oxygen atoms in total. The van der Waals surface area contributed by atoms with E-state index in [-0.39, 0.29) is 17.4 Å². The fraction of sp³-hybridized carbons (Fsp3) is 0.538. The second-order valence-corrected chi connectivity index (χ2v) is 12.1. The molecule has 33 heavy (non-hydrogen) atoms. The average molecular weight is 494 g/mol. The fourth-order valence-electron chi connectivity index (χ4n) is 4.88. The maximum atomic E-state index is 14.6. The molecule has 0 amide bonds. The van der Waals surface area contributed by atoms with E-state index in [1.807, 2.05) is 23.9 Å². The first-order chi connectivity index (χ1) is 15.9. The van der Waals surface area contributed by atoms with Gasteiger partial charge in [-0.25, -0.2) is 4.39 Å². The zero-order chi connectivity index (χ0) is 23.6. The Bertz CT molecular complexity index is 897. The molecule has 0 aromatic heterocycles. The van der Waals surface area contributed by atoms with E-state index in [0.29, 0.717) is 19.5 Å². The number of rotatable bonds is 13. The lowest BCUT2D eigenvalue weighted by molar-refractivity contribution is 0.260. The molecule has 0 bridgehead atoms. The molecule has 3 rings (SSSR count). The van der Waals surface area contributed by atoms with E-state index >= 15 is 0 Å². The van der Waals surface area contributed by atoms with Crippen LogP contribution in [0.15, 0.2) is 53.4 Å². The topological polar surface area (TPSA) is 69.6 Å². The third-order valence-corrected chi connectivity index (χ3v) is 8.63. The van der Waals surface area contributed by atoms with Gasteiger partial charge in [-0.2, -0.15) is 0 Å². The van der Waals surface area contributed by atoms with Crippen LogP contribution >= 0.6 is 19.4 Å². The molecule has 2 aromatic rings. The highest BCUT2D eigenvalue weighted by atomic mass is 32.2. The van der Waals surface area contributed by atoms with Crippen LogP contribution in [-0.4, -0.2) is 28.2 Å². The van der Waals surface area contributed by atoms with E-state index in [9.17, 15) is 8.96 Å². The predicted octanol–water partition coefficient (Wildman–Crippen LogP) is 6.65. The Labute approximate surface area is 201 Å². The summed E-state index contributed by atoms with van der Waals surface area (Å²) in [5, 5.41) is 3.23. The third kappa shape index (κ3) is 8.84. The highest BCUT2D eigenvalue weighted by Crippen LogP contribution is 2.44. The van der Waals surface area contributed by atoms with E-state index in [2.05, 4.69) is 29.6 Å². The lowest BCUT2D eigenvalue weighted by atomic mass is 9.66. The monoisotopic (exact) mass is 493 g/mol. The minimum atomic E-state index is -3.89. The molecule has 2 aromatic carbocycles. The molecule has 1 aliphatic carbocycles. The van der Waals surface area contributed by atoms with Crippen LogP contribution in [0.1, 0.15) is 68.9 Å². The first-order valence-electron chi connectivity index (χ1n) is 12.1. The van der Waals surface area contributed by atoms with Gasteiger partial charge in [0, 0.05) is 11.4 Å². The number of hydrogen-bond donors (Lipinski definition) is 3. The van der Waals surface area contributed by atoms with Gasteiger partial charge in [-0.3, -0.25) is 4.57 Å². The van der Waals surface area contributed by atoms with E-state index in [1.165, 1.54) is 29.7 Å². The van der Waals surface area contributed by atoms with E-state index in [4.69, 9.17) is 9.79 Å². The second-order valence-electron chi connectivity index (χ2n) is 9.19. The summed E-state index contributed by atoms with van der Waals surface area (Å²) in [4.78, 5) is 19.0. The molecular formula is C26H37FNO3PS. The Kier molecular flexibility index (Phi) is 10.5. The molecule has 0 atom stereocenters. The first-order valence-corrected chi connectivity index (χ1v) is 14.9. The van der Waals surface area contributed by atoms with E-state index in [0.717, 1.165) is 43.4 Å². The van der Waals surface area contributed by atoms with Gasteiger partial charge in [0.15, 0.2) is 0 Å². The average Bonchev–Trinajstić information content (AvgIpc) is 2.80. The maximum Gasteiger partial charge on any atom is 0.325 e. The Hall–Kier alpha value is -1.17. The fourth-order valence-corrected chi connectivity index (χ4v) is 6.36. The van der Waals surface area contributed by atoms with Crippen molar-refractivity contribution in [2.24, 2.45) is 0 Å². The maximum absolute atomic E-state index is 14.6. The highest BCUT2D eigenvalue weighted by molar-refractivity contribution is 7.99. The number of halogens is 1. The molecule has 1 saturated carbocycles. The molecule has 1 fully saturated rings. The Morgan fingerprint density at radius 3 is 2.39 bits per heavy atom. The van der Waals surface area contributed by atoms with Crippen LogP contribution < -0.4 is 5.32 Å². The molecule has 7 heteroatoms. The standard InChI is InChI=1S/C26H37FNO3PS/c27-25-10-3-2-9-24(25)26(15-4-1-5-16-26)17-6-7-20-33-23-13-11-22(12-14-23)21-28-18-8-19-32(29,30)31/h2-3,9-14,28H,1,4-8,15-21H2,(H2,29,30,31). The number of unbranched alkanes of at least 4 members (excludes halogenated alkanes) is 1. The molecule has 0 unspecified atom stereocenters. The number of benzene rings is 2. The summed E-state index contributed by atoms with van der Waals surface area (Å²) in [5.41, 5.74) is 2.12. The lowest BCUT2D eigenvalue weighted by Crippen LogP contribution is -2.30. The summed E-state index contributed by atoms with van der Waals surface area (Å²) in [6.45, 7) is 1.29. The normalized spacial score (nSPS) is 16.1. The van der Waals surface area contributed by atoms with Gasteiger partial charge in [-0.05, 0) is 79.1 Å². The van der Waals surface area contributed by atoms with Crippen molar-refractivity contribution >= 4 is 19.4 Å². The lowest BCUT2D eigenvalue weighted by Gasteiger charge is -2.38. The summed E-state index contributed by atoms with van der Waals surface area (Å²) < 4.78 is 25.4. The van der Waals surface area contributed by atoms with Crippen LogP contribution in [0.25, 0.3) is 0 Å². The first kappa shape index (κ1) is 26.4. The van der Waals surface area contributed by atoms with Gasteiger partial charge in [0.25, 0.3) is 0 Å². The van der Waals surface area contributed by atoms with Crippen molar-refractivity contribution in [2.75, 3.05) is 18.5 Å². The number of thioether (sulfide) groups is 1.